The number of nitrogens with one attached hydrogen (secondary N) is 1. The summed E-state index contributed by atoms with van der Waals surface area (Å²) in [6.45, 7) is 4.82. The van der Waals surface area contributed by atoms with Crippen molar-refractivity contribution in [1.29, 1.82) is 0 Å². The van der Waals surface area contributed by atoms with Crippen LogP contribution in [-0.2, 0) is 6.54 Å². The van der Waals surface area contributed by atoms with E-state index in [1.165, 1.54) is 4.70 Å². The van der Waals surface area contributed by atoms with E-state index in [0.29, 0.717) is 0 Å². The molecule has 0 fully saturated rings. The van der Waals surface area contributed by atoms with Crippen LogP contribution in [-0.4, -0.2) is 4.98 Å². The molecule has 0 amide bonds. The smallest absolute Gasteiger partial charge is 0.117 e. The van der Waals surface area contributed by atoms with Gasteiger partial charge in [-0.1, -0.05) is 12.1 Å². The maximum atomic E-state index is 5.55. The van der Waals surface area contributed by atoms with Gasteiger partial charge in [0, 0.05) is 0 Å². The van der Waals surface area contributed by atoms with Crippen molar-refractivity contribution < 1.29 is 4.42 Å². The van der Waals surface area contributed by atoms with Gasteiger partial charge < -0.3 is 9.73 Å². The highest BCUT2D eigenvalue weighted by Crippen LogP contribution is 2.26. The van der Waals surface area contributed by atoms with E-state index < -0.39 is 0 Å². The van der Waals surface area contributed by atoms with Gasteiger partial charge in [0.05, 0.1) is 22.8 Å². The monoisotopic (exact) mass is 272 g/mol. The summed E-state index contributed by atoms with van der Waals surface area (Å²) in [7, 11) is 0. The van der Waals surface area contributed by atoms with Crippen molar-refractivity contribution in [3.63, 3.8) is 0 Å². The minimum absolute atomic E-state index is 0.225. The van der Waals surface area contributed by atoms with E-state index in [1.807, 2.05) is 31.2 Å². The van der Waals surface area contributed by atoms with Gasteiger partial charge >= 0.3 is 0 Å². The number of rotatable bonds is 4. The van der Waals surface area contributed by atoms with Gasteiger partial charge in [-0.05, 0) is 38.1 Å². The predicted molar refractivity (Wildman–Crippen MR) is 78.3 cm³/mol. The number of aromatic nitrogens is 1. The van der Waals surface area contributed by atoms with Crippen molar-refractivity contribution in [3.8, 4) is 0 Å². The molecule has 0 aliphatic carbocycles. The third kappa shape index (κ3) is 2.69. The first-order valence-electron chi connectivity index (χ1n) is 6.36. The van der Waals surface area contributed by atoms with E-state index in [-0.39, 0.29) is 6.04 Å². The fourth-order valence-corrected chi connectivity index (χ4v) is 2.99. The molecule has 1 unspecified atom stereocenters. The quantitative estimate of drug-likeness (QED) is 0.778. The average Bonchev–Trinajstić information content (AvgIpc) is 3.01. The molecule has 4 heteroatoms. The Morgan fingerprint density at radius 3 is 2.84 bits per heavy atom. The largest absolute Gasteiger partial charge is 0.465 e. The topological polar surface area (TPSA) is 38.1 Å². The van der Waals surface area contributed by atoms with E-state index in [0.717, 1.165) is 28.6 Å². The number of thiazole rings is 1. The number of furan rings is 1. The molecule has 3 nitrogen and oxygen atoms in total. The molecule has 0 aliphatic rings. The Labute approximate surface area is 116 Å². The number of fused-ring (bicyclic) bond motifs is 1. The molecule has 1 N–H and O–H groups in total. The first-order chi connectivity index (χ1) is 9.22. The van der Waals surface area contributed by atoms with Crippen molar-refractivity contribution in [3.05, 3.63) is 52.9 Å². The van der Waals surface area contributed by atoms with E-state index in [2.05, 4.69) is 29.4 Å². The molecule has 3 rings (SSSR count). The van der Waals surface area contributed by atoms with Crippen molar-refractivity contribution >= 4 is 21.6 Å². The summed E-state index contributed by atoms with van der Waals surface area (Å²) in [5.41, 5.74) is 1.07. The molecule has 98 valence electrons. The number of para-hydroxylation sites is 1. The van der Waals surface area contributed by atoms with Crippen molar-refractivity contribution in [1.82, 2.24) is 10.3 Å². The van der Waals surface area contributed by atoms with Crippen molar-refractivity contribution in [2.24, 2.45) is 0 Å². The minimum Gasteiger partial charge on any atom is -0.465 e. The van der Waals surface area contributed by atoms with E-state index >= 15 is 0 Å². The van der Waals surface area contributed by atoms with Gasteiger partial charge in [0.2, 0.25) is 0 Å². The Balaban J connectivity index is 1.71. The summed E-state index contributed by atoms with van der Waals surface area (Å²) in [6.07, 6.45) is 0. The summed E-state index contributed by atoms with van der Waals surface area (Å²) < 4.78 is 6.79. The van der Waals surface area contributed by atoms with Crippen LogP contribution in [0.25, 0.3) is 10.2 Å². The fourth-order valence-electron chi connectivity index (χ4n) is 2.00. The molecular formula is C15H16N2OS. The fraction of sp³-hybridized carbons (Fsp3) is 0.267. The van der Waals surface area contributed by atoms with Gasteiger partial charge in [0.15, 0.2) is 0 Å². The molecule has 0 bridgehead atoms. The summed E-state index contributed by atoms with van der Waals surface area (Å²) in [4.78, 5) is 4.66. The van der Waals surface area contributed by atoms with Gasteiger partial charge in [-0.3, -0.25) is 0 Å². The number of hydrogen-bond acceptors (Lipinski definition) is 4. The van der Waals surface area contributed by atoms with E-state index in [4.69, 9.17) is 4.42 Å². The van der Waals surface area contributed by atoms with Crippen LogP contribution in [0.3, 0.4) is 0 Å². The summed E-state index contributed by atoms with van der Waals surface area (Å²) in [6, 6.07) is 12.5. The third-order valence-electron chi connectivity index (χ3n) is 3.06. The lowest BCUT2D eigenvalue weighted by atomic mass is 10.3. The molecule has 0 spiro atoms. The number of benzene rings is 1. The highest BCUT2D eigenvalue weighted by atomic mass is 32.1. The lowest BCUT2D eigenvalue weighted by molar-refractivity contribution is 0.444. The SMILES string of the molecule is Cc1ccc(CNC(C)c2nc3ccccc3s2)o1. The molecular weight excluding hydrogens is 256 g/mol. The summed E-state index contributed by atoms with van der Waals surface area (Å²) >= 11 is 1.74. The zero-order valence-electron chi connectivity index (χ0n) is 11.0. The number of nitrogens with zero attached hydrogens (tertiary/aromatic N) is 1. The summed E-state index contributed by atoms with van der Waals surface area (Å²) in [5.74, 6) is 1.91. The van der Waals surface area contributed by atoms with Gasteiger partial charge in [0.1, 0.15) is 16.5 Å². The Bertz CT molecular complexity index is 653. The van der Waals surface area contributed by atoms with Crippen LogP contribution in [0.5, 0.6) is 0 Å². The van der Waals surface area contributed by atoms with Gasteiger partial charge in [-0.2, -0.15) is 0 Å². The van der Waals surface area contributed by atoms with Gasteiger partial charge in [-0.15, -0.1) is 11.3 Å². The minimum atomic E-state index is 0.225. The lowest BCUT2D eigenvalue weighted by Gasteiger charge is -2.09. The Kier molecular flexibility index (Phi) is 3.36. The predicted octanol–water partition coefficient (Wildman–Crippen LogP) is 4.05. The number of hydrogen-bond donors (Lipinski definition) is 1. The lowest BCUT2D eigenvalue weighted by Crippen LogP contribution is -2.17. The van der Waals surface area contributed by atoms with Crippen LogP contribution in [0.2, 0.25) is 0 Å². The third-order valence-corrected chi connectivity index (χ3v) is 4.28. The standard InChI is InChI=1S/C15H16N2OS/c1-10-7-8-12(18-10)9-16-11(2)15-17-13-5-3-4-6-14(13)19-15/h3-8,11,16H,9H2,1-2H3. The Morgan fingerprint density at radius 2 is 2.11 bits per heavy atom. The maximum absolute atomic E-state index is 5.55. The zero-order chi connectivity index (χ0) is 13.2. The first-order valence-corrected chi connectivity index (χ1v) is 7.18. The van der Waals surface area contributed by atoms with E-state index in [9.17, 15) is 0 Å². The zero-order valence-corrected chi connectivity index (χ0v) is 11.8. The van der Waals surface area contributed by atoms with Crippen LogP contribution in [0.4, 0.5) is 0 Å². The molecule has 1 aromatic carbocycles. The van der Waals surface area contributed by atoms with Crippen LogP contribution in [0.1, 0.15) is 29.5 Å². The normalized spacial score (nSPS) is 12.9. The Hall–Kier alpha value is -1.65. The van der Waals surface area contributed by atoms with Crippen LogP contribution >= 0.6 is 11.3 Å². The highest BCUT2D eigenvalue weighted by Gasteiger charge is 2.11. The first kappa shape index (κ1) is 12.4. The Morgan fingerprint density at radius 1 is 1.26 bits per heavy atom. The molecule has 0 aliphatic heterocycles. The molecule has 2 heterocycles. The number of aryl methyl sites for hydroxylation is 1. The summed E-state index contributed by atoms with van der Waals surface area (Å²) in [5, 5.41) is 4.56. The molecule has 1 atom stereocenters. The molecule has 2 aromatic heterocycles. The highest BCUT2D eigenvalue weighted by molar-refractivity contribution is 7.18. The van der Waals surface area contributed by atoms with Crippen LogP contribution < -0.4 is 5.32 Å². The van der Waals surface area contributed by atoms with Crippen molar-refractivity contribution in [2.45, 2.75) is 26.4 Å². The van der Waals surface area contributed by atoms with Gasteiger partial charge in [-0.25, -0.2) is 4.98 Å². The molecule has 0 saturated carbocycles. The van der Waals surface area contributed by atoms with Gasteiger partial charge in [0.25, 0.3) is 0 Å². The van der Waals surface area contributed by atoms with Crippen LogP contribution in [0.15, 0.2) is 40.8 Å². The second-order valence-corrected chi connectivity index (χ2v) is 5.70. The average molecular weight is 272 g/mol. The van der Waals surface area contributed by atoms with Crippen LogP contribution in [0, 0.1) is 6.92 Å². The van der Waals surface area contributed by atoms with E-state index in [1.54, 1.807) is 11.3 Å². The maximum Gasteiger partial charge on any atom is 0.117 e. The molecule has 19 heavy (non-hydrogen) atoms. The second-order valence-electron chi connectivity index (χ2n) is 4.63. The molecule has 0 radical (unpaired) electrons. The molecule has 0 saturated heterocycles. The molecule has 3 aromatic rings. The second kappa shape index (κ2) is 5.15. The van der Waals surface area contributed by atoms with Crippen molar-refractivity contribution in [2.75, 3.05) is 0 Å².